The number of nitriles is 1. The molecule has 0 spiro atoms. The van der Waals surface area contributed by atoms with Crippen LogP contribution in [0.15, 0.2) is 60.7 Å². The van der Waals surface area contributed by atoms with Crippen LogP contribution >= 0.6 is 0 Å². The Morgan fingerprint density at radius 3 is 2.14 bits per heavy atom. The van der Waals surface area contributed by atoms with E-state index >= 15 is 0 Å². The van der Waals surface area contributed by atoms with E-state index in [4.69, 9.17) is 11.0 Å². The zero-order valence-corrected chi connectivity index (χ0v) is 15.6. The molecule has 3 amide bonds. The summed E-state index contributed by atoms with van der Waals surface area (Å²) in [4.78, 5) is 36.6. The van der Waals surface area contributed by atoms with Gasteiger partial charge in [0.1, 0.15) is 6.04 Å². The molecule has 0 bridgehead atoms. The van der Waals surface area contributed by atoms with Gasteiger partial charge in [0.05, 0.1) is 12.1 Å². The lowest BCUT2D eigenvalue weighted by Gasteiger charge is -2.25. The Bertz CT molecular complexity index is 881. The summed E-state index contributed by atoms with van der Waals surface area (Å²) >= 11 is 0. The highest BCUT2D eigenvalue weighted by Gasteiger charge is 2.31. The van der Waals surface area contributed by atoms with E-state index in [1.807, 2.05) is 6.07 Å². The zero-order chi connectivity index (χ0) is 21.2. The summed E-state index contributed by atoms with van der Waals surface area (Å²) in [6, 6.07) is 16.6. The second kappa shape index (κ2) is 10.6. The molecule has 2 aromatic carbocycles. The van der Waals surface area contributed by atoms with E-state index in [-0.39, 0.29) is 12.8 Å². The number of nitrogens with two attached hydrogens (primary N) is 1. The number of benzene rings is 2. The van der Waals surface area contributed by atoms with Gasteiger partial charge in [-0.3, -0.25) is 14.4 Å². The van der Waals surface area contributed by atoms with Gasteiger partial charge in [0.25, 0.3) is 11.8 Å². The van der Waals surface area contributed by atoms with Crippen LogP contribution in [-0.2, 0) is 9.59 Å². The van der Waals surface area contributed by atoms with E-state index < -0.39 is 35.9 Å². The van der Waals surface area contributed by atoms with Crippen LogP contribution in [0, 0.1) is 11.3 Å². The number of primary amides is 1. The van der Waals surface area contributed by atoms with Gasteiger partial charge >= 0.3 is 0 Å². The number of carbonyl (C=O) groups excluding carboxylic acids is 3. The molecule has 150 valence electrons. The van der Waals surface area contributed by atoms with Gasteiger partial charge in [0.15, 0.2) is 6.10 Å². The summed E-state index contributed by atoms with van der Waals surface area (Å²) in [7, 11) is 0. The van der Waals surface area contributed by atoms with Crippen molar-refractivity contribution in [2.24, 2.45) is 5.73 Å². The summed E-state index contributed by atoms with van der Waals surface area (Å²) in [6.07, 6.45) is -1.65. The van der Waals surface area contributed by atoms with Crippen LogP contribution in [0.1, 0.15) is 34.8 Å². The molecule has 0 aliphatic carbocycles. The number of aliphatic hydroxyl groups excluding tert-OH is 1. The highest BCUT2D eigenvalue weighted by Crippen LogP contribution is 2.18. The van der Waals surface area contributed by atoms with Crippen molar-refractivity contribution in [2.45, 2.75) is 31.0 Å². The van der Waals surface area contributed by atoms with Gasteiger partial charge in [-0.2, -0.15) is 5.26 Å². The standard InChI is InChI=1S/C21H22N4O4/c22-13-7-12-16(19(23)27)24-21(29)18(26)17(14-8-3-1-4-9-14)25-20(28)15-10-5-2-6-11-15/h1-6,8-11,16-18,26H,7,12H2,(H2,23,27)(H,24,29)(H,25,28)/t16-,17+,18-/m1/s1. The van der Waals surface area contributed by atoms with Crippen LogP contribution in [-0.4, -0.2) is 35.0 Å². The van der Waals surface area contributed by atoms with Crippen molar-refractivity contribution in [1.29, 1.82) is 5.26 Å². The first-order chi connectivity index (χ1) is 13.9. The lowest BCUT2D eigenvalue weighted by atomic mass is 9.99. The molecule has 0 saturated heterocycles. The smallest absolute Gasteiger partial charge is 0.252 e. The third-order valence-corrected chi connectivity index (χ3v) is 4.27. The quantitative estimate of drug-likeness (QED) is 0.497. The topological polar surface area (TPSA) is 145 Å². The molecule has 0 aliphatic rings. The Balaban J connectivity index is 2.21. The van der Waals surface area contributed by atoms with Crippen molar-refractivity contribution in [1.82, 2.24) is 10.6 Å². The first-order valence-electron chi connectivity index (χ1n) is 8.99. The predicted octanol–water partition coefficient (Wildman–Crippen LogP) is 0.792. The fourth-order valence-corrected chi connectivity index (χ4v) is 2.72. The second-order valence-corrected chi connectivity index (χ2v) is 6.33. The normalized spacial score (nSPS) is 13.4. The van der Waals surface area contributed by atoms with Gasteiger partial charge in [0, 0.05) is 12.0 Å². The first-order valence-corrected chi connectivity index (χ1v) is 8.99. The van der Waals surface area contributed by atoms with Gasteiger partial charge in [-0.05, 0) is 24.1 Å². The van der Waals surface area contributed by atoms with E-state index in [9.17, 15) is 19.5 Å². The third-order valence-electron chi connectivity index (χ3n) is 4.27. The average molecular weight is 394 g/mol. The van der Waals surface area contributed by atoms with E-state index in [0.29, 0.717) is 11.1 Å². The molecule has 0 saturated carbocycles. The monoisotopic (exact) mass is 394 g/mol. The maximum Gasteiger partial charge on any atom is 0.252 e. The molecular formula is C21H22N4O4. The maximum absolute atomic E-state index is 12.6. The molecule has 0 aromatic heterocycles. The number of hydrogen-bond donors (Lipinski definition) is 4. The fraction of sp³-hybridized carbons (Fsp3) is 0.238. The number of nitrogens with one attached hydrogen (secondary N) is 2. The van der Waals surface area contributed by atoms with Crippen LogP contribution in [0.5, 0.6) is 0 Å². The molecule has 2 rings (SSSR count). The van der Waals surface area contributed by atoms with Crippen LogP contribution in [0.2, 0.25) is 0 Å². The summed E-state index contributed by atoms with van der Waals surface area (Å²) in [6.45, 7) is 0. The molecule has 0 unspecified atom stereocenters. The summed E-state index contributed by atoms with van der Waals surface area (Å²) in [5.74, 6) is -2.17. The number of nitrogens with zero attached hydrogens (tertiary/aromatic N) is 1. The molecule has 0 fully saturated rings. The van der Waals surface area contributed by atoms with Crippen molar-refractivity contribution in [3.63, 3.8) is 0 Å². The summed E-state index contributed by atoms with van der Waals surface area (Å²) < 4.78 is 0. The second-order valence-electron chi connectivity index (χ2n) is 6.33. The summed E-state index contributed by atoms with van der Waals surface area (Å²) in [5, 5.41) is 24.3. The van der Waals surface area contributed by atoms with Gasteiger partial charge in [0.2, 0.25) is 5.91 Å². The van der Waals surface area contributed by atoms with Gasteiger partial charge in [-0.1, -0.05) is 48.5 Å². The Labute approximate surface area is 168 Å². The maximum atomic E-state index is 12.6. The van der Waals surface area contributed by atoms with Crippen LogP contribution < -0.4 is 16.4 Å². The molecule has 5 N–H and O–H groups in total. The molecule has 8 nitrogen and oxygen atoms in total. The fourth-order valence-electron chi connectivity index (χ4n) is 2.72. The van der Waals surface area contributed by atoms with Gasteiger partial charge in [-0.25, -0.2) is 0 Å². The zero-order valence-electron chi connectivity index (χ0n) is 15.6. The van der Waals surface area contributed by atoms with Gasteiger partial charge in [-0.15, -0.1) is 0 Å². The van der Waals surface area contributed by atoms with Crippen molar-refractivity contribution in [2.75, 3.05) is 0 Å². The Hall–Kier alpha value is -3.70. The van der Waals surface area contributed by atoms with E-state index in [2.05, 4.69) is 10.6 Å². The Kier molecular flexibility index (Phi) is 7.88. The van der Waals surface area contributed by atoms with E-state index in [1.54, 1.807) is 60.7 Å². The number of rotatable bonds is 9. The molecule has 8 heteroatoms. The third kappa shape index (κ3) is 6.16. The van der Waals surface area contributed by atoms with E-state index in [0.717, 1.165) is 0 Å². The number of aliphatic hydroxyl groups is 1. The van der Waals surface area contributed by atoms with Crippen molar-refractivity contribution < 1.29 is 19.5 Å². The number of hydrogen-bond acceptors (Lipinski definition) is 5. The minimum absolute atomic E-state index is 0.0108. The molecule has 0 aliphatic heterocycles. The number of carbonyl (C=O) groups is 3. The van der Waals surface area contributed by atoms with Crippen LogP contribution in [0.3, 0.4) is 0 Å². The van der Waals surface area contributed by atoms with Gasteiger partial charge < -0.3 is 21.5 Å². The Morgan fingerprint density at radius 1 is 1.00 bits per heavy atom. The minimum atomic E-state index is -1.69. The highest BCUT2D eigenvalue weighted by atomic mass is 16.3. The van der Waals surface area contributed by atoms with Crippen LogP contribution in [0.25, 0.3) is 0 Å². The largest absolute Gasteiger partial charge is 0.381 e. The predicted molar refractivity (Wildman–Crippen MR) is 105 cm³/mol. The first kappa shape index (κ1) is 21.6. The van der Waals surface area contributed by atoms with Crippen LogP contribution in [0.4, 0.5) is 0 Å². The van der Waals surface area contributed by atoms with Crippen molar-refractivity contribution in [3.8, 4) is 6.07 Å². The lowest BCUT2D eigenvalue weighted by molar-refractivity contribution is -0.134. The summed E-state index contributed by atoms with van der Waals surface area (Å²) in [5.41, 5.74) is 6.13. The molecule has 0 heterocycles. The lowest BCUT2D eigenvalue weighted by Crippen LogP contribution is -2.51. The van der Waals surface area contributed by atoms with E-state index in [1.165, 1.54) is 0 Å². The molecule has 3 atom stereocenters. The Morgan fingerprint density at radius 2 is 1.59 bits per heavy atom. The van der Waals surface area contributed by atoms with Crippen molar-refractivity contribution >= 4 is 17.7 Å². The minimum Gasteiger partial charge on any atom is -0.381 e. The molecule has 0 radical (unpaired) electrons. The SMILES string of the molecule is N#CCC[C@@H](NC(=O)[C@H](O)[C@@H](NC(=O)c1ccccc1)c1ccccc1)C(N)=O. The molecule has 2 aromatic rings. The highest BCUT2D eigenvalue weighted by molar-refractivity contribution is 5.95. The van der Waals surface area contributed by atoms with Crippen molar-refractivity contribution in [3.05, 3.63) is 71.8 Å². The molecule has 29 heavy (non-hydrogen) atoms. The average Bonchev–Trinajstić information content (AvgIpc) is 2.75. The number of amides is 3. The molecular weight excluding hydrogens is 372 g/mol.